The fraction of sp³-hybridized carbons (Fsp3) is 0.667. The van der Waals surface area contributed by atoms with Crippen molar-refractivity contribution in [3.05, 3.63) is 35.6 Å². The maximum absolute atomic E-state index is 13.4. The molecule has 5 fully saturated rings. The molecule has 1 N–H and O–H groups in total. The summed E-state index contributed by atoms with van der Waals surface area (Å²) < 4.78 is 26.5. The largest absolute Gasteiger partial charge is 0.481 e. The highest BCUT2D eigenvalue weighted by atomic mass is 19.1. The summed E-state index contributed by atoms with van der Waals surface area (Å²) >= 11 is 0. The molecule has 8 heteroatoms. The van der Waals surface area contributed by atoms with Crippen molar-refractivity contribution in [3.8, 4) is 0 Å². The highest BCUT2D eigenvalue weighted by Crippen LogP contribution is 2.65. The van der Waals surface area contributed by atoms with Crippen LogP contribution in [-0.4, -0.2) is 54.1 Å². The minimum atomic E-state index is -0.725. The van der Waals surface area contributed by atoms with Gasteiger partial charge in [-0.3, -0.25) is 9.59 Å². The Kier molecular flexibility index (Phi) is 5.17. The smallest absolute Gasteiger partial charge is 0.404 e. The quantitative estimate of drug-likeness (QED) is 0.728. The van der Waals surface area contributed by atoms with Crippen LogP contribution >= 0.6 is 0 Å². The van der Waals surface area contributed by atoms with Crippen LogP contribution in [0.4, 0.5) is 4.39 Å². The van der Waals surface area contributed by atoms with Gasteiger partial charge >= 0.3 is 7.12 Å². The average Bonchev–Trinajstić information content (AvgIpc) is 3.36. The monoisotopic (exact) mass is 442 g/mol. The van der Waals surface area contributed by atoms with Crippen molar-refractivity contribution in [2.75, 3.05) is 6.54 Å². The first-order valence-electron chi connectivity index (χ1n) is 11.8. The first-order valence-corrected chi connectivity index (χ1v) is 11.8. The molecule has 6 rings (SSSR count). The molecule has 3 aliphatic carbocycles. The standard InChI is InChI=1S/C24H32BFN2O4/c1-14(27-21(29)15-7-5-8-17(26)11-15)22(30)28-10-6-9-20(28)25-31-19-13-16-12-18(23(16,2)3)24(19,4)32-25/h5,7-8,11,14,16,18-20H,6,9-10,12-13H2,1-4H3,(H,27,29)/t14-,16?,18?,19?,20?,24+/m1/s1. The van der Waals surface area contributed by atoms with Crippen LogP contribution in [0.2, 0.25) is 0 Å². The summed E-state index contributed by atoms with van der Waals surface area (Å²) in [7, 11) is -0.433. The molecule has 32 heavy (non-hydrogen) atoms. The van der Waals surface area contributed by atoms with E-state index in [1.165, 1.54) is 30.7 Å². The van der Waals surface area contributed by atoms with Gasteiger partial charge in [0, 0.05) is 12.1 Å². The van der Waals surface area contributed by atoms with Crippen molar-refractivity contribution in [2.24, 2.45) is 17.3 Å². The zero-order chi connectivity index (χ0) is 22.8. The molecule has 172 valence electrons. The fourth-order valence-corrected chi connectivity index (χ4v) is 6.63. The van der Waals surface area contributed by atoms with Gasteiger partial charge in [-0.1, -0.05) is 19.9 Å². The van der Waals surface area contributed by atoms with Gasteiger partial charge in [0.2, 0.25) is 5.91 Å². The summed E-state index contributed by atoms with van der Waals surface area (Å²) in [6, 6.07) is 4.74. The normalized spacial score (nSPS) is 35.8. The highest BCUT2D eigenvalue weighted by Gasteiger charge is 2.69. The molecule has 6 atom stereocenters. The van der Waals surface area contributed by atoms with E-state index in [2.05, 4.69) is 26.1 Å². The molecule has 2 saturated heterocycles. The van der Waals surface area contributed by atoms with Crippen molar-refractivity contribution < 1.29 is 23.3 Å². The summed E-state index contributed by atoms with van der Waals surface area (Å²) in [4.78, 5) is 27.5. The molecule has 2 amide bonds. The number of carbonyl (C=O) groups is 2. The number of benzene rings is 1. The summed E-state index contributed by atoms with van der Waals surface area (Å²) in [6.45, 7) is 9.13. The molecule has 1 aromatic rings. The first-order chi connectivity index (χ1) is 15.1. The molecular formula is C24H32BFN2O4. The maximum Gasteiger partial charge on any atom is 0.481 e. The lowest BCUT2D eigenvalue weighted by Gasteiger charge is -2.64. The lowest BCUT2D eigenvalue weighted by atomic mass is 9.43. The van der Waals surface area contributed by atoms with E-state index >= 15 is 0 Å². The zero-order valence-electron chi connectivity index (χ0n) is 19.3. The average molecular weight is 442 g/mol. The molecule has 2 aliphatic heterocycles. The van der Waals surface area contributed by atoms with E-state index < -0.39 is 24.9 Å². The number of rotatable bonds is 4. The van der Waals surface area contributed by atoms with Gasteiger partial charge in [0.1, 0.15) is 11.9 Å². The summed E-state index contributed by atoms with van der Waals surface area (Å²) in [6.07, 6.45) is 3.97. The Labute approximate surface area is 189 Å². The molecule has 3 saturated carbocycles. The van der Waals surface area contributed by atoms with Gasteiger partial charge in [0.15, 0.2) is 0 Å². The molecule has 0 radical (unpaired) electrons. The highest BCUT2D eigenvalue weighted by molar-refractivity contribution is 6.48. The van der Waals surface area contributed by atoms with Gasteiger partial charge in [-0.2, -0.15) is 0 Å². The Morgan fingerprint density at radius 2 is 2.06 bits per heavy atom. The van der Waals surface area contributed by atoms with Crippen LogP contribution in [0.25, 0.3) is 0 Å². The molecular weight excluding hydrogens is 410 g/mol. The summed E-state index contributed by atoms with van der Waals surface area (Å²) in [5, 5.41) is 2.71. The van der Waals surface area contributed by atoms with Gasteiger partial charge in [-0.05, 0) is 75.0 Å². The number of carbonyl (C=O) groups excluding carboxylic acids is 2. The zero-order valence-corrected chi connectivity index (χ0v) is 19.3. The van der Waals surface area contributed by atoms with E-state index in [-0.39, 0.29) is 34.5 Å². The topological polar surface area (TPSA) is 67.9 Å². The van der Waals surface area contributed by atoms with E-state index in [1.807, 2.05) is 0 Å². The maximum atomic E-state index is 13.4. The van der Waals surface area contributed by atoms with Gasteiger partial charge in [-0.25, -0.2) is 4.39 Å². The SMILES string of the molecule is C[C@@H](NC(=O)c1cccc(F)c1)C(=O)N1CCCC1B1OC2CC3CC(C3(C)C)[C@]2(C)O1. The second-order valence-corrected chi connectivity index (χ2v) is 10.8. The lowest BCUT2D eigenvalue weighted by Crippen LogP contribution is -2.65. The number of nitrogens with one attached hydrogen (secondary N) is 1. The third-order valence-electron chi connectivity index (χ3n) is 8.67. The van der Waals surface area contributed by atoms with Crippen molar-refractivity contribution >= 4 is 18.9 Å². The number of halogens is 1. The van der Waals surface area contributed by atoms with Crippen molar-refractivity contribution in [1.82, 2.24) is 10.2 Å². The number of amides is 2. The van der Waals surface area contributed by atoms with Crippen LogP contribution in [0.15, 0.2) is 24.3 Å². The van der Waals surface area contributed by atoms with Crippen LogP contribution in [0.5, 0.6) is 0 Å². The van der Waals surface area contributed by atoms with E-state index in [1.54, 1.807) is 11.8 Å². The van der Waals surface area contributed by atoms with Crippen LogP contribution in [0.3, 0.4) is 0 Å². The number of likely N-dealkylation sites (tertiary alicyclic amines) is 1. The Morgan fingerprint density at radius 1 is 1.28 bits per heavy atom. The fourth-order valence-electron chi connectivity index (χ4n) is 6.63. The molecule has 2 bridgehead atoms. The molecule has 1 aromatic carbocycles. The Balaban J connectivity index is 1.26. The van der Waals surface area contributed by atoms with Gasteiger partial charge < -0.3 is 19.5 Å². The van der Waals surface area contributed by atoms with Crippen molar-refractivity contribution in [2.45, 2.75) is 77.1 Å². The first kappa shape index (κ1) is 21.9. The number of hydrogen-bond donors (Lipinski definition) is 1. The van der Waals surface area contributed by atoms with Gasteiger partial charge in [0.25, 0.3) is 5.91 Å². The second-order valence-electron chi connectivity index (χ2n) is 10.8. The Bertz CT molecular complexity index is 942. The Hall–Kier alpha value is -1.93. The van der Waals surface area contributed by atoms with E-state index in [9.17, 15) is 14.0 Å². The third kappa shape index (κ3) is 3.29. The van der Waals surface area contributed by atoms with Crippen LogP contribution in [0.1, 0.15) is 63.7 Å². The van der Waals surface area contributed by atoms with Gasteiger partial charge in [0.05, 0.1) is 17.6 Å². The molecule has 0 aromatic heterocycles. The molecule has 4 unspecified atom stereocenters. The van der Waals surface area contributed by atoms with E-state index in [0.717, 1.165) is 19.3 Å². The molecule has 0 spiro atoms. The van der Waals surface area contributed by atoms with Crippen LogP contribution in [0, 0.1) is 23.1 Å². The molecule has 5 aliphatic rings. The van der Waals surface area contributed by atoms with E-state index in [4.69, 9.17) is 9.31 Å². The van der Waals surface area contributed by atoms with Crippen molar-refractivity contribution in [3.63, 3.8) is 0 Å². The molecule has 6 nitrogen and oxygen atoms in total. The minimum Gasteiger partial charge on any atom is -0.404 e. The van der Waals surface area contributed by atoms with Crippen LogP contribution < -0.4 is 5.32 Å². The predicted octanol–water partition coefficient (Wildman–Crippen LogP) is 3.20. The minimum absolute atomic E-state index is 0.0759. The predicted molar refractivity (Wildman–Crippen MR) is 118 cm³/mol. The van der Waals surface area contributed by atoms with Gasteiger partial charge in [-0.15, -0.1) is 0 Å². The number of hydrogen-bond acceptors (Lipinski definition) is 4. The molecule has 2 heterocycles. The Morgan fingerprint density at radius 3 is 2.78 bits per heavy atom. The summed E-state index contributed by atoms with van der Waals surface area (Å²) in [5.74, 6) is -0.114. The van der Waals surface area contributed by atoms with E-state index in [0.29, 0.717) is 18.4 Å². The second kappa shape index (κ2) is 7.56. The number of nitrogens with zero attached hydrogens (tertiary/aromatic N) is 1. The van der Waals surface area contributed by atoms with Crippen molar-refractivity contribution in [1.29, 1.82) is 0 Å². The lowest BCUT2D eigenvalue weighted by molar-refractivity contribution is -0.199. The van der Waals surface area contributed by atoms with Crippen LogP contribution in [-0.2, 0) is 14.1 Å². The third-order valence-corrected chi connectivity index (χ3v) is 8.67. The summed E-state index contributed by atoms with van der Waals surface area (Å²) in [5.41, 5.74) is 0.158.